The number of rotatable bonds is 4. The van der Waals surface area contributed by atoms with Crippen LogP contribution in [0.1, 0.15) is 10.4 Å². The smallest absolute Gasteiger partial charge is 0.262 e. The molecule has 1 aliphatic heterocycles. The minimum Gasteiger partial charge on any atom is -0.486 e. The quantitative estimate of drug-likeness (QED) is 0.743. The number of nitrogens with zero attached hydrogens (tertiary/aromatic N) is 2. The Bertz CT molecular complexity index is 1070. The highest BCUT2D eigenvalue weighted by Crippen LogP contribution is 2.30. The van der Waals surface area contributed by atoms with Crippen molar-refractivity contribution >= 4 is 27.5 Å². The number of fused-ring (bicyclic) bond motifs is 2. The molecular weight excluding hydrogens is 366 g/mol. The van der Waals surface area contributed by atoms with Crippen molar-refractivity contribution in [1.82, 2.24) is 14.9 Å². The predicted molar refractivity (Wildman–Crippen MR) is 103 cm³/mol. The Hall–Kier alpha value is -2.87. The predicted octanol–water partition coefficient (Wildman–Crippen LogP) is 2.03. The van der Waals surface area contributed by atoms with E-state index in [-0.39, 0.29) is 24.1 Å². The molecule has 27 heavy (non-hydrogen) atoms. The number of benzene rings is 1. The summed E-state index contributed by atoms with van der Waals surface area (Å²) in [5.41, 5.74) is 0.733. The lowest BCUT2D eigenvalue weighted by Crippen LogP contribution is -2.42. The number of aryl methyl sites for hydroxylation is 2. The number of carbonyl (C=O) groups excluding carboxylic acids is 1. The van der Waals surface area contributed by atoms with Gasteiger partial charge in [-0.3, -0.25) is 14.2 Å². The summed E-state index contributed by atoms with van der Waals surface area (Å²) in [4.78, 5) is 31.0. The number of aromatic nitrogens is 2. The Morgan fingerprint density at radius 3 is 2.93 bits per heavy atom. The minimum atomic E-state index is -0.275. The number of thiophene rings is 1. The van der Waals surface area contributed by atoms with Crippen molar-refractivity contribution < 1.29 is 14.3 Å². The van der Waals surface area contributed by atoms with Crippen LogP contribution in [0.5, 0.6) is 11.5 Å². The normalized spacial score (nSPS) is 15.7. The van der Waals surface area contributed by atoms with Gasteiger partial charge in [0.25, 0.3) is 5.56 Å². The third-order valence-corrected chi connectivity index (χ3v) is 5.68. The van der Waals surface area contributed by atoms with E-state index in [1.807, 2.05) is 38.1 Å². The van der Waals surface area contributed by atoms with E-state index in [1.165, 1.54) is 22.2 Å². The largest absolute Gasteiger partial charge is 0.486 e. The number of nitrogens with one attached hydrogen (secondary N) is 1. The van der Waals surface area contributed by atoms with Gasteiger partial charge in [0.15, 0.2) is 11.5 Å². The number of hydrogen-bond donors (Lipinski definition) is 1. The van der Waals surface area contributed by atoms with Crippen LogP contribution in [0.25, 0.3) is 10.2 Å². The molecule has 2 aromatic heterocycles. The summed E-state index contributed by atoms with van der Waals surface area (Å²) >= 11 is 1.49. The summed E-state index contributed by atoms with van der Waals surface area (Å²) in [6.45, 7) is 4.44. The molecule has 1 amide bonds. The van der Waals surface area contributed by atoms with Crippen LogP contribution in [0.15, 0.2) is 35.4 Å². The van der Waals surface area contributed by atoms with Crippen LogP contribution in [0.3, 0.4) is 0 Å². The fourth-order valence-corrected chi connectivity index (χ4v) is 3.97. The number of para-hydroxylation sites is 2. The van der Waals surface area contributed by atoms with Gasteiger partial charge < -0.3 is 14.8 Å². The van der Waals surface area contributed by atoms with Crippen LogP contribution >= 0.6 is 11.3 Å². The van der Waals surface area contributed by atoms with Crippen LogP contribution in [-0.2, 0) is 11.3 Å². The van der Waals surface area contributed by atoms with E-state index >= 15 is 0 Å². The lowest BCUT2D eigenvalue weighted by atomic mass is 10.2. The maximum absolute atomic E-state index is 12.6. The number of ether oxygens (including phenoxy) is 2. The van der Waals surface area contributed by atoms with Crippen molar-refractivity contribution in [3.63, 3.8) is 0 Å². The zero-order valence-corrected chi connectivity index (χ0v) is 15.8. The summed E-state index contributed by atoms with van der Waals surface area (Å²) in [6, 6.07) is 7.42. The SMILES string of the molecule is Cc1sc2ncn(CC(=O)NC[C@H]3COc4ccccc4O3)c(=O)c2c1C. The fourth-order valence-electron chi connectivity index (χ4n) is 2.98. The van der Waals surface area contributed by atoms with Gasteiger partial charge in [-0.2, -0.15) is 0 Å². The first-order valence-electron chi connectivity index (χ1n) is 8.63. The van der Waals surface area contributed by atoms with Crippen molar-refractivity contribution in [2.24, 2.45) is 0 Å². The minimum absolute atomic E-state index is 0.0831. The van der Waals surface area contributed by atoms with Gasteiger partial charge >= 0.3 is 0 Å². The Labute approximate surface area is 159 Å². The molecule has 3 heterocycles. The molecule has 1 atom stereocenters. The summed E-state index contributed by atoms with van der Waals surface area (Å²) < 4.78 is 12.8. The Balaban J connectivity index is 1.40. The second-order valence-corrected chi connectivity index (χ2v) is 7.65. The molecule has 8 heteroatoms. The molecule has 0 bridgehead atoms. The van der Waals surface area contributed by atoms with Crippen LogP contribution in [-0.4, -0.2) is 34.7 Å². The maximum atomic E-state index is 12.6. The molecule has 0 saturated carbocycles. The Kier molecular flexibility index (Phi) is 4.57. The van der Waals surface area contributed by atoms with E-state index < -0.39 is 0 Å². The number of hydrogen-bond acceptors (Lipinski definition) is 6. The van der Waals surface area contributed by atoms with Crippen molar-refractivity contribution in [1.29, 1.82) is 0 Å². The van der Waals surface area contributed by atoms with E-state index in [2.05, 4.69) is 10.3 Å². The van der Waals surface area contributed by atoms with Gasteiger partial charge in [0, 0.05) is 4.88 Å². The molecule has 0 radical (unpaired) electrons. The van der Waals surface area contributed by atoms with E-state index in [4.69, 9.17) is 9.47 Å². The molecule has 1 N–H and O–H groups in total. The van der Waals surface area contributed by atoms with Gasteiger partial charge in [-0.05, 0) is 31.5 Å². The standard InChI is InChI=1S/C19H19N3O4S/c1-11-12(2)27-18-17(11)19(24)22(10-21-18)8-16(23)20-7-13-9-25-14-5-3-4-6-15(14)26-13/h3-6,10,13H,7-9H2,1-2H3,(H,20,23)/t13-/m0/s1. The summed E-state index contributed by atoms with van der Waals surface area (Å²) in [5, 5.41) is 3.39. The first kappa shape index (κ1) is 17.5. The van der Waals surface area contributed by atoms with Gasteiger partial charge in [0.2, 0.25) is 5.91 Å². The number of carbonyl (C=O) groups is 1. The second kappa shape index (κ2) is 7.03. The van der Waals surface area contributed by atoms with Crippen molar-refractivity contribution in [3.05, 3.63) is 51.4 Å². The number of amides is 1. The molecule has 3 aromatic rings. The van der Waals surface area contributed by atoms with Gasteiger partial charge in [-0.1, -0.05) is 12.1 Å². The molecular formula is C19H19N3O4S. The zero-order chi connectivity index (χ0) is 19.0. The molecule has 0 spiro atoms. The van der Waals surface area contributed by atoms with Crippen molar-refractivity contribution in [2.75, 3.05) is 13.2 Å². The molecule has 1 aliphatic rings. The Morgan fingerprint density at radius 1 is 1.33 bits per heavy atom. The van der Waals surface area contributed by atoms with Gasteiger partial charge in [0.1, 0.15) is 24.1 Å². The monoisotopic (exact) mass is 385 g/mol. The topological polar surface area (TPSA) is 82.5 Å². The average molecular weight is 385 g/mol. The van der Waals surface area contributed by atoms with Crippen LogP contribution < -0.4 is 20.3 Å². The average Bonchev–Trinajstić information content (AvgIpc) is 2.97. The first-order valence-corrected chi connectivity index (χ1v) is 9.45. The van der Waals surface area contributed by atoms with Crippen LogP contribution in [0.4, 0.5) is 0 Å². The van der Waals surface area contributed by atoms with Gasteiger partial charge in [0.05, 0.1) is 18.3 Å². The summed E-state index contributed by atoms with van der Waals surface area (Å²) in [7, 11) is 0. The molecule has 0 fully saturated rings. The summed E-state index contributed by atoms with van der Waals surface area (Å²) in [6.07, 6.45) is 1.15. The zero-order valence-electron chi connectivity index (χ0n) is 15.0. The maximum Gasteiger partial charge on any atom is 0.262 e. The molecule has 140 valence electrons. The Morgan fingerprint density at radius 2 is 2.11 bits per heavy atom. The third kappa shape index (κ3) is 3.40. The van der Waals surface area contributed by atoms with E-state index in [0.717, 1.165) is 10.4 Å². The van der Waals surface area contributed by atoms with Crippen LogP contribution in [0, 0.1) is 13.8 Å². The van der Waals surface area contributed by atoms with E-state index in [1.54, 1.807) is 0 Å². The third-order valence-electron chi connectivity index (χ3n) is 4.56. The molecule has 0 aliphatic carbocycles. The molecule has 0 unspecified atom stereocenters. The highest BCUT2D eigenvalue weighted by molar-refractivity contribution is 7.18. The van der Waals surface area contributed by atoms with E-state index in [0.29, 0.717) is 34.9 Å². The second-order valence-electron chi connectivity index (χ2n) is 6.44. The molecule has 1 aromatic carbocycles. The highest BCUT2D eigenvalue weighted by atomic mass is 32.1. The van der Waals surface area contributed by atoms with Crippen LogP contribution in [0.2, 0.25) is 0 Å². The molecule has 7 nitrogen and oxygen atoms in total. The fraction of sp³-hybridized carbons (Fsp3) is 0.316. The van der Waals surface area contributed by atoms with Gasteiger partial charge in [-0.25, -0.2) is 4.98 Å². The lowest BCUT2D eigenvalue weighted by molar-refractivity contribution is -0.122. The molecule has 0 saturated heterocycles. The lowest BCUT2D eigenvalue weighted by Gasteiger charge is -2.26. The molecule has 4 rings (SSSR count). The van der Waals surface area contributed by atoms with Crippen molar-refractivity contribution in [3.8, 4) is 11.5 Å². The van der Waals surface area contributed by atoms with Gasteiger partial charge in [-0.15, -0.1) is 11.3 Å². The first-order chi connectivity index (χ1) is 13.0. The summed E-state index contributed by atoms with van der Waals surface area (Å²) in [5.74, 6) is 1.09. The van der Waals surface area contributed by atoms with E-state index in [9.17, 15) is 9.59 Å². The van der Waals surface area contributed by atoms with Crippen molar-refractivity contribution in [2.45, 2.75) is 26.5 Å². The highest BCUT2D eigenvalue weighted by Gasteiger charge is 2.21.